The molecule has 3 heteroatoms. The SMILES string of the molecule is CC(=O)c1ccc(-c2cc3ccccc3o2)nc1C. The van der Waals surface area contributed by atoms with Crippen molar-refractivity contribution < 1.29 is 9.21 Å². The molecule has 2 aromatic heterocycles. The van der Waals surface area contributed by atoms with Crippen LogP contribution in [0.4, 0.5) is 0 Å². The van der Waals surface area contributed by atoms with Crippen LogP contribution in [0.25, 0.3) is 22.4 Å². The molecule has 1 aromatic carbocycles. The Morgan fingerprint density at radius 1 is 1.16 bits per heavy atom. The Hall–Kier alpha value is -2.42. The van der Waals surface area contributed by atoms with Crippen molar-refractivity contribution in [3.05, 3.63) is 53.7 Å². The van der Waals surface area contributed by atoms with Gasteiger partial charge in [-0.2, -0.15) is 0 Å². The van der Waals surface area contributed by atoms with Crippen molar-refractivity contribution in [1.29, 1.82) is 0 Å². The molecule has 94 valence electrons. The van der Waals surface area contributed by atoms with E-state index >= 15 is 0 Å². The number of nitrogens with zero attached hydrogens (tertiary/aromatic N) is 1. The molecule has 0 N–H and O–H groups in total. The van der Waals surface area contributed by atoms with E-state index < -0.39 is 0 Å². The predicted octanol–water partition coefficient (Wildman–Crippen LogP) is 4.01. The topological polar surface area (TPSA) is 43.1 Å². The molecule has 3 rings (SSSR count). The lowest BCUT2D eigenvalue weighted by atomic mass is 10.1. The van der Waals surface area contributed by atoms with E-state index in [1.165, 1.54) is 0 Å². The molecule has 0 aliphatic carbocycles. The number of hydrogen-bond donors (Lipinski definition) is 0. The van der Waals surface area contributed by atoms with E-state index in [9.17, 15) is 4.79 Å². The Morgan fingerprint density at radius 3 is 2.63 bits per heavy atom. The first kappa shape index (κ1) is 11.7. The summed E-state index contributed by atoms with van der Waals surface area (Å²) in [6, 6.07) is 13.4. The summed E-state index contributed by atoms with van der Waals surface area (Å²) in [6.07, 6.45) is 0. The number of benzene rings is 1. The highest BCUT2D eigenvalue weighted by Crippen LogP contribution is 2.27. The van der Waals surface area contributed by atoms with Crippen LogP contribution in [0.2, 0.25) is 0 Å². The van der Waals surface area contributed by atoms with Crippen molar-refractivity contribution in [1.82, 2.24) is 4.98 Å². The monoisotopic (exact) mass is 251 g/mol. The van der Waals surface area contributed by atoms with Gasteiger partial charge in [0.1, 0.15) is 11.3 Å². The lowest BCUT2D eigenvalue weighted by Crippen LogP contribution is -1.99. The number of pyridine rings is 1. The van der Waals surface area contributed by atoms with E-state index in [1.807, 2.05) is 43.3 Å². The summed E-state index contributed by atoms with van der Waals surface area (Å²) < 4.78 is 5.76. The number of aromatic nitrogens is 1. The smallest absolute Gasteiger partial charge is 0.161 e. The number of carbonyl (C=O) groups is 1. The van der Waals surface area contributed by atoms with Crippen LogP contribution in [0.5, 0.6) is 0 Å². The summed E-state index contributed by atoms with van der Waals surface area (Å²) in [4.78, 5) is 15.8. The molecule has 0 aliphatic rings. The molecule has 0 saturated heterocycles. The molecular formula is C16H13NO2. The van der Waals surface area contributed by atoms with Gasteiger partial charge in [-0.3, -0.25) is 4.79 Å². The molecule has 0 fully saturated rings. The Kier molecular flexibility index (Phi) is 2.67. The lowest BCUT2D eigenvalue weighted by Gasteiger charge is -2.02. The van der Waals surface area contributed by atoms with Crippen LogP contribution in [0, 0.1) is 6.92 Å². The zero-order valence-corrected chi connectivity index (χ0v) is 10.8. The molecule has 0 spiro atoms. The third kappa shape index (κ3) is 2.03. The molecule has 0 atom stereocenters. The van der Waals surface area contributed by atoms with E-state index in [1.54, 1.807) is 13.0 Å². The van der Waals surface area contributed by atoms with Crippen LogP contribution >= 0.6 is 0 Å². The van der Waals surface area contributed by atoms with Crippen molar-refractivity contribution in [3.8, 4) is 11.5 Å². The van der Waals surface area contributed by atoms with E-state index in [4.69, 9.17) is 4.42 Å². The first-order valence-corrected chi connectivity index (χ1v) is 6.12. The quantitative estimate of drug-likeness (QED) is 0.646. The van der Waals surface area contributed by atoms with Gasteiger partial charge in [0.25, 0.3) is 0 Å². The second-order valence-corrected chi connectivity index (χ2v) is 4.53. The third-order valence-electron chi connectivity index (χ3n) is 3.14. The number of fused-ring (bicyclic) bond motifs is 1. The lowest BCUT2D eigenvalue weighted by molar-refractivity contribution is 0.101. The van der Waals surface area contributed by atoms with Gasteiger partial charge in [-0.1, -0.05) is 18.2 Å². The molecule has 0 amide bonds. The molecule has 0 saturated carbocycles. The molecular weight excluding hydrogens is 238 g/mol. The molecule has 3 nitrogen and oxygen atoms in total. The fourth-order valence-electron chi connectivity index (χ4n) is 2.18. The Labute approximate surface area is 110 Å². The number of carbonyl (C=O) groups excluding carboxylic acids is 1. The minimum atomic E-state index is 0.0288. The molecule has 0 aliphatic heterocycles. The van der Waals surface area contributed by atoms with Crippen molar-refractivity contribution in [2.45, 2.75) is 13.8 Å². The number of ketones is 1. The van der Waals surface area contributed by atoms with E-state index in [2.05, 4.69) is 4.98 Å². The first-order valence-electron chi connectivity index (χ1n) is 6.12. The van der Waals surface area contributed by atoms with Crippen molar-refractivity contribution in [3.63, 3.8) is 0 Å². The second kappa shape index (κ2) is 4.35. The van der Waals surface area contributed by atoms with Crippen LogP contribution in [-0.4, -0.2) is 10.8 Å². The zero-order valence-electron chi connectivity index (χ0n) is 10.8. The predicted molar refractivity (Wildman–Crippen MR) is 74.2 cm³/mol. The highest BCUT2D eigenvalue weighted by atomic mass is 16.3. The van der Waals surface area contributed by atoms with Crippen LogP contribution in [-0.2, 0) is 0 Å². The van der Waals surface area contributed by atoms with Gasteiger partial charge in [0, 0.05) is 16.6 Å². The van der Waals surface area contributed by atoms with Gasteiger partial charge in [-0.05, 0) is 38.1 Å². The highest BCUT2D eigenvalue weighted by molar-refractivity contribution is 5.95. The molecule has 2 heterocycles. The number of aryl methyl sites for hydroxylation is 1. The van der Waals surface area contributed by atoms with Gasteiger partial charge in [-0.25, -0.2) is 4.98 Å². The van der Waals surface area contributed by atoms with Crippen molar-refractivity contribution >= 4 is 16.8 Å². The summed E-state index contributed by atoms with van der Waals surface area (Å²) in [5.41, 5.74) is 2.97. The molecule has 19 heavy (non-hydrogen) atoms. The Morgan fingerprint density at radius 2 is 1.95 bits per heavy atom. The van der Waals surface area contributed by atoms with E-state index in [-0.39, 0.29) is 5.78 Å². The average molecular weight is 251 g/mol. The second-order valence-electron chi connectivity index (χ2n) is 4.53. The third-order valence-corrected chi connectivity index (χ3v) is 3.14. The largest absolute Gasteiger partial charge is 0.454 e. The Balaban J connectivity index is 2.11. The highest BCUT2D eigenvalue weighted by Gasteiger charge is 2.10. The number of Topliss-reactive ketones (excluding diaryl/α,β-unsaturated/α-hetero) is 1. The van der Waals surface area contributed by atoms with Crippen LogP contribution in [0.1, 0.15) is 23.0 Å². The number of furan rings is 1. The number of para-hydroxylation sites is 1. The molecule has 0 unspecified atom stereocenters. The summed E-state index contributed by atoms with van der Waals surface area (Å²) >= 11 is 0. The summed E-state index contributed by atoms with van der Waals surface area (Å²) in [5.74, 6) is 0.751. The van der Waals surface area contributed by atoms with E-state index in [0.717, 1.165) is 28.1 Å². The van der Waals surface area contributed by atoms with Gasteiger partial charge < -0.3 is 4.42 Å². The first-order chi connectivity index (χ1) is 9.15. The van der Waals surface area contributed by atoms with Crippen LogP contribution < -0.4 is 0 Å². The molecule has 0 bridgehead atoms. The average Bonchev–Trinajstić information content (AvgIpc) is 2.81. The van der Waals surface area contributed by atoms with Crippen LogP contribution in [0.3, 0.4) is 0 Å². The summed E-state index contributed by atoms with van der Waals surface area (Å²) in [7, 11) is 0. The summed E-state index contributed by atoms with van der Waals surface area (Å²) in [6.45, 7) is 3.38. The summed E-state index contributed by atoms with van der Waals surface area (Å²) in [5, 5.41) is 1.05. The maximum Gasteiger partial charge on any atom is 0.161 e. The maximum atomic E-state index is 11.4. The van der Waals surface area contributed by atoms with Crippen molar-refractivity contribution in [2.24, 2.45) is 0 Å². The van der Waals surface area contributed by atoms with Crippen molar-refractivity contribution in [2.75, 3.05) is 0 Å². The Bertz CT molecular complexity index is 738. The van der Waals surface area contributed by atoms with Gasteiger partial charge >= 0.3 is 0 Å². The van der Waals surface area contributed by atoms with Gasteiger partial charge in [-0.15, -0.1) is 0 Å². The molecule has 0 radical (unpaired) electrons. The van der Waals surface area contributed by atoms with Gasteiger partial charge in [0.05, 0.1) is 0 Å². The fourth-order valence-corrected chi connectivity index (χ4v) is 2.18. The minimum absolute atomic E-state index is 0.0288. The van der Waals surface area contributed by atoms with Crippen LogP contribution in [0.15, 0.2) is 46.9 Å². The number of rotatable bonds is 2. The van der Waals surface area contributed by atoms with Gasteiger partial charge in [0.2, 0.25) is 0 Å². The minimum Gasteiger partial charge on any atom is -0.454 e. The van der Waals surface area contributed by atoms with E-state index in [0.29, 0.717) is 5.56 Å². The van der Waals surface area contributed by atoms with Gasteiger partial charge in [0.15, 0.2) is 11.5 Å². The standard InChI is InChI=1S/C16H13NO2/c1-10-13(11(2)18)7-8-14(17-10)16-9-12-5-3-4-6-15(12)19-16/h3-9H,1-2H3. The number of hydrogen-bond acceptors (Lipinski definition) is 3. The fraction of sp³-hybridized carbons (Fsp3) is 0.125. The molecule has 3 aromatic rings. The maximum absolute atomic E-state index is 11.4. The normalized spacial score (nSPS) is 10.8. The zero-order chi connectivity index (χ0) is 13.4.